The second-order valence-corrected chi connectivity index (χ2v) is 3.40. The number of nitro groups is 1. The number of amides is 3. The number of non-ortho nitro benzene ring substituents is 1. The number of urea groups is 1. The zero-order valence-electron chi connectivity index (χ0n) is 9.38. The molecular weight excluding hydrogens is 240 g/mol. The Morgan fingerprint density at radius 1 is 1.28 bits per heavy atom. The Labute approximate surface area is 102 Å². The van der Waals surface area contributed by atoms with Gasteiger partial charge in [-0.1, -0.05) is 0 Å². The summed E-state index contributed by atoms with van der Waals surface area (Å²) < 4.78 is 0. The van der Waals surface area contributed by atoms with E-state index < -0.39 is 16.9 Å². The SMILES string of the molecule is NC(=O)CCNC(=O)Nc1ccc([N+](=O)[O-])cc1. The van der Waals surface area contributed by atoms with Gasteiger partial charge in [-0.05, 0) is 12.1 Å². The molecule has 18 heavy (non-hydrogen) atoms. The lowest BCUT2D eigenvalue weighted by molar-refractivity contribution is -0.384. The van der Waals surface area contributed by atoms with Gasteiger partial charge in [0.15, 0.2) is 0 Å². The Balaban J connectivity index is 2.44. The van der Waals surface area contributed by atoms with Crippen LogP contribution in [0.1, 0.15) is 6.42 Å². The molecule has 0 bridgehead atoms. The third-order valence-corrected chi connectivity index (χ3v) is 1.99. The molecule has 1 aromatic carbocycles. The van der Waals surface area contributed by atoms with Crippen molar-refractivity contribution in [2.45, 2.75) is 6.42 Å². The number of carbonyl (C=O) groups is 2. The summed E-state index contributed by atoms with van der Waals surface area (Å²) in [5, 5.41) is 15.3. The molecule has 0 aromatic heterocycles. The molecule has 0 unspecified atom stereocenters. The number of nitrogens with zero attached hydrogens (tertiary/aromatic N) is 1. The van der Waals surface area contributed by atoms with Crippen LogP contribution in [0.5, 0.6) is 0 Å². The van der Waals surface area contributed by atoms with Gasteiger partial charge < -0.3 is 16.4 Å². The zero-order valence-corrected chi connectivity index (χ0v) is 9.38. The predicted octanol–water partition coefficient (Wildman–Crippen LogP) is 0.592. The summed E-state index contributed by atoms with van der Waals surface area (Å²) >= 11 is 0. The zero-order chi connectivity index (χ0) is 13.5. The molecule has 3 amide bonds. The smallest absolute Gasteiger partial charge is 0.319 e. The first-order chi connectivity index (χ1) is 8.49. The van der Waals surface area contributed by atoms with Crippen LogP contribution in [-0.4, -0.2) is 23.4 Å². The monoisotopic (exact) mass is 252 g/mol. The van der Waals surface area contributed by atoms with Crippen LogP contribution in [0.15, 0.2) is 24.3 Å². The Bertz CT molecular complexity index is 457. The fourth-order valence-corrected chi connectivity index (χ4v) is 1.14. The van der Waals surface area contributed by atoms with Crippen molar-refractivity contribution in [1.29, 1.82) is 0 Å². The van der Waals surface area contributed by atoms with Gasteiger partial charge in [0.25, 0.3) is 5.69 Å². The first-order valence-electron chi connectivity index (χ1n) is 5.06. The predicted molar refractivity (Wildman–Crippen MR) is 63.9 cm³/mol. The molecule has 0 saturated heterocycles. The average molecular weight is 252 g/mol. The third kappa shape index (κ3) is 4.47. The highest BCUT2D eigenvalue weighted by molar-refractivity contribution is 5.89. The molecule has 8 heteroatoms. The summed E-state index contributed by atoms with van der Waals surface area (Å²) in [5.74, 6) is -0.509. The minimum Gasteiger partial charge on any atom is -0.370 e. The average Bonchev–Trinajstić information content (AvgIpc) is 2.29. The molecule has 0 fully saturated rings. The van der Waals surface area contributed by atoms with E-state index in [2.05, 4.69) is 10.6 Å². The van der Waals surface area contributed by atoms with E-state index in [9.17, 15) is 19.7 Å². The number of nitrogens with two attached hydrogens (primary N) is 1. The van der Waals surface area contributed by atoms with Crippen molar-refractivity contribution < 1.29 is 14.5 Å². The minimum atomic E-state index is -0.531. The van der Waals surface area contributed by atoms with Crippen molar-refractivity contribution in [3.05, 3.63) is 34.4 Å². The summed E-state index contributed by atoms with van der Waals surface area (Å²) in [5.41, 5.74) is 5.26. The first kappa shape index (κ1) is 13.4. The van der Waals surface area contributed by atoms with E-state index in [4.69, 9.17) is 5.73 Å². The molecule has 0 aliphatic carbocycles. The van der Waals surface area contributed by atoms with E-state index >= 15 is 0 Å². The highest BCUT2D eigenvalue weighted by Gasteiger charge is 2.06. The lowest BCUT2D eigenvalue weighted by atomic mass is 10.3. The standard InChI is InChI=1S/C10H12N4O4/c11-9(15)5-6-12-10(16)13-7-1-3-8(4-2-7)14(17)18/h1-4H,5-6H2,(H2,11,15)(H2,12,13,16). The van der Waals surface area contributed by atoms with E-state index in [-0.39, 0.29) is 18.7 Å². The maximum absolute atomic E-state index is 11.3. The molecule has 96 valence electrons. The number of carbonyl (C=O) groups excluding carboxylic acids is 2. The molecule has 0 aliphatic rings. The van der Waals surface area contributed by atoms with Gasteiger partial charge in [-0.25, -0.2) is 4.79 Å². The normalized spacial score (nSPS) is 9.56. The number of nitro benzene ring substituents is 1. The summed E-state index contributed by atoms with van der Waals surface area (Å²) in [4.78, 5) is 31.6. The summed E-state index contributed by atoms with van der Waals surface area (Å²) in [6.45, 7) is 0.133. The second-order valence-electron chi connectivity index (χ2n) is 3.40. The van der Waals surface area contributed by atoms with Crippen LogP contribution >= 0.6 is 0 Å². The highest BCUT2D eigenvalue weighted by atomic mass is 16.6. The molecule has 0 atom stereocenters. The second kappa shape index (κ2) is 6.18. The van der Waals surface area contributed by atoms with Gasteiger partial charge in [-0.2, -0.15) is 0 Å². The highest BCUT2D eigenvalue weighted by Crippen LogP contribution is 2.14. The topological polar surface area (TPSA) is 127 Å². The van der Waals surface area contributed by atoms with Gasteiger partial charge >= 0.3 is 6.03 Å². The lowest BCUT2D eigenvalue weighted by Gasteiger charge is -2.06. The van der Waals surface area contributed by atoms with Crippen LogP contribution in [-0.2, 0) is 4.79 Å². The maximum Gasteiger partial charge on any atom is 0.319 e. The van der Waals surface area contributed by atoms with Crippen LogP contribution in [0, 0.1) is 10.1 Å². The number of nitrogens with one attached hydrogen (secondary N) is 2. The van der Waals surface area contributed by atoms with Crippen LogP contribution in [0.4, 0.5) is 16.2 Å². The molecule has 0 heterocycles. The Kier molecular flexibility index (Phi) is 4.61. The number of primary amides is 1. The van der Waals surface area contributed by atoms with Crippen LogP contribution in [0.3, 0.4) is 0 Å². The van der Waals surface area contributed by atoms with Crippen LogP contribution in [0.25, 0.3) is 0 Å². The molecule has 0 aliphatic heterocycles. The van der Waals surface area contributed by atoms with Crippen LogP contribution in [0.2, 0.25) is 0 Å². The van der Waals surface area contributed by atoms with E-state index in [0.717, 1.165) is 0 Å². The first-order valence-corrected chi connectivity index (χ1v) is 5.06. The van der Waals surface area contributed by atoms with E-state index in [1.807, 2.05) is 0 Å². The Morgan fingerprint density at radius 2 is 1.89 bits per heavy atom. The molecule has 1 aromatic rings. The van der Waals surface area contributed by atoms with Crippen molar-refractivity contribution in [1.82, 2.24) is 5.32 Å². The van der Waals surface area contributed by atoms with Gasteiger partial charge in [-0.15, -0.1) is 0 Å². The quantitative estimate of drug-likeness (QED) is 0.523. The molecular formula is C10H12N4O4. The van der Waals surface area contributed by atoms with Crippen LogP contribution < -0.4 is 16.4 Å². The van der Waals surface area contributed by atoms with Gasteiger partial charge in [0, 0.05) is 30.8 Å². The van der Waals surface area contributed by atoms with E-state index in [0.29, 0.717) is 5.69 Å². The summed E-state index contributed by atoms with van der Waals surface area (Å²) in [7, 11) is 0. The lowest BCUT2D eigenvalue weighted by Crippen LogP contribution is -2.31. The molecule has 4 N–H and O–H groups in total. The number of hydrogen-bond acceptors (Lipinski definition) is 4. The molecule has 0 saturated carbocycles. The fourth-order valence-electron chi connectivity index (χ4n) is 1.14. The van der Waals surface area contributed by atoms with Gasteiger partial charge in [0.2, 0.25) is 5.91 Å². The van der Waals surface area contributed by atoms with Gasteiger partial charge in [-0.3, -0.25) is 14.9 Å². The Morgan fingerprint density at radius 3 is 2.39 bits per heavy atom. The van der Waals surface area contributed by atoms with Crippen molar-refractivity contribution in [3.8, 4) is 0 Å². The third-order valence-electron chi connectivity index (χ3n) is 1.99. The van der Waals surface area contributed by atoms with Crippen molar-refractivity contribution >= 4 is 23.3 Å². The van der Waals surface area contributed by atoms with Crippen molar-refractivity contribution in [2.75, 3.05) is 11.9 Å². The van der Waals surface area contributed by atoms with E-state index in [1.165, 1.54) is 24.3 Å². The summed E-state index contributed by atoms with van der Waals surface area (Å²) in [6, 6.07) is 4.86. The van der Waals surface area contributed by atoms with Crippen molar-refractivity contribution in [2.24, 2.45) is 5.73 Å². The number of rotatable bonds is 5. The summed E-state index contributed by atoms with van der Waals surface area (Å²) in [6.07, 6.45) is 0.0493. The largest absolute Gasteiger partial charge is 0.370 e. The number of benzene rings is 1. The fraction of sp³-hybridized carbons (Fsp3) is 0.200. The Hall–Kier alpha value is -2.64. The van der Waals surface area contributed by atoms with E-state index in [1.54, 1.807) is 0 Å². The maximum atomic E-state index is 11.3. The molecule has 1 rings (SSSR count). The van der Waals surface area contributed by atoms with Crippen molar-refractivity contribution in [3.63, 3.8) is 0 Å². The number of hydrogen-bond donors (Lipinski definition) is 3. The minimum absolute atomic E-state index is 0.0493. The van der Waals surface area contributed by atoms with Gasteiger partial charge in [0.1, 0.15) is 0 Å². The molecule has 0 radical (unpaired) electrons. The van der Waals surface area contributed by atoms with Gasteiger partial charge in [0.05, 0.1) is 4.92 Å². The molecule has 0 spiro atoms. The molecule has 8 nitrogen and oxygen atoms in total. The number of anilines is 1.